The van der Waals surface area contributed by atoms with Gasteiger partial charge < -0.3 is 11.1 Å². The predicted octanol–water partition coefficient (Wildman–Crippen LogP) is 1.07. The van der Waals surface area contributed by atoms with Crippen LogP contribution in [0.5, 0.6) is 0 Å². The summed E-state index contributed by atoms with van der Waals surface area (Å²) in [6.07, 6.45) is 4.71. The fourth-order valence-electron chi connectivity index (χ4n) is 2.33. The van der Waals surface area contributed by atoms with Crippen molar-refractivity contribution in [2.45, 2.75) is 12.8 Å². The first kappa shape index (κ1) is 17.1. The number of aromatic nitrogens is 5. The molecule has 0 aromatic carbocycles. The highest BCUT2D eigenvalue weighted by Gasteiger charge is 2.21. The van der Waals surface area contributed by atoms with Crippen LogP contribution in [0.3, 0.4) is 0 Å². The number of halogens is 1. The molecule has 3 rings (SSSR count). The van der Waals surface area contributed by atoms with Gasteiger partial charge in [0.05, 0.1) is 18.1 Å². The standard InChI is InChI=1S/C16H14FN7O2/c17-11-3-1-9(7-19-11)2-4-12(25)22-16-13(15(18)26)14(23-24-16)10-5-6-20-21-8-10/h1,3,5-8H,2,4H2,(H2,18,26)(H2,22,23,24,25). The molecule has 4 N–H and O–H groups in total. The maximum atomic E-state index is 12.8. The van der Waals surface area contributed by atoms with Crippen molar-refractivity contribution in [1.29, 1.82) is 0 Å². The van der Waals surface area contributed by atoms with Crippen LogP contribution in [0, 0.1) is 5.95 Å². The molecule has 0 unspecified atom stereocenters. The Balaban J connectivity index is 1.73. The van der Waals surface area contributed by atoms with Crippen LogP contribution >= 0.6 is 0 Å². The molecule has 0 aliphatic carbocycles. The Morgan fingerprint density at radius 3 is 2.69 bits per heavy atom. The van der Waals surface area contributed by atoms with E-state index in [1.165, 1.54) is 24.7 Å². The van der Waals surface area contributed by atoms with Gasteiger partial charge in [0, 0.05) is 18.2 Å². The highest BCUT2D eigenvalue weighted by Crippen LogP contribution is 2.25. The van der Waals surface area contributed by atoms with Gasteiger partial charge in [-0.3, -0.25) is 14.7 Å². The van der Waals surface area contributed by atoms with Gasteiger partial charge in [-0.1, -0.05) is 6.07 Å². The SMILES string of the molecule is NC(=O)c1c(NC(=O)CCc2ccc(F)nc2)n[nH]c1-c1ccnnc1. The summed E-state index contributed by atoms with van der Waals surface area (Å²) >= 11 is 0. The number of amides is 2. The molecule has 0 spiro atoms. The molecule has 0 aliphatic heterocycles. The normalized spacial score (nSPS) is 10.5. The second-order valence-electron chi connectivity index (χ2n) is 5.35. The Morgan fingerprint density at radius 1 is 1.19 bits per heavy atom. The number of hydrogen-bond acceptors (Lipinski definition) is 6. The van der Waals surface area contributed by atoms with Crippen molar-refractivity contribution in [2.75, 3.05) is 5.32 Å². The van der Waals surface area contributed by atoms with Gasteiger partial charge in [0.2, 0.25) is 11.9 Å². The second-order valence-corrected chi connectivity index (χ2v) is 5.35. The number of hydrogen-bond donors (Lipinski definition) is 3. The van der Waals surface area contributed by atoms with Crippen molar-refractivity contribution in [3.63, 3.8) is 0 Å². The third-order valence-electron chi connectivity index (χ3n) is 3.57. The lowest BCUT2D eigenvalue weighted by Gasteiger charge is -2.05. The Hall–Kier alpha value is -3.69. The van der Waals surface area contributed by atoms with E-state index in [0.717, 1.165) is 0 Å². The number of primary amides is 1. The zero-order valence-electron chi connectivity index (χ0n) is 13.4. The number of nitrogens with zero attached hydrogens (tertiary/aromatic N) is 4. The van der Waals surface area contributed by atoms with Crippen LogP contribution in [-0.4, -0.2) is 37.2 Å². The maximum Gasteiger partial charge on any atom is 0.254 e. The van der Waals surface area contributed by atoms with Gasteiger partial charge in [-0.15, -0.1) is 0 Å². The number of rotatable bonds is 6. The van der Waals surface area contributed by atoms with E-state index in [1.807, 2.05) is 0 Å². The molecule has 2 amide bonds. The molecule has 9 nitrogen and oxygen atoms in total. The predicted molar refractivity (Wildman–Crippen MR) is 89.3 cm³/mol. The number of nitrogens with two attached hydrogens (primary N) is 1. The van der Waals surface area contributed by atoms with Crippen LogP contribution in [0.1, 0.15) is 22.3 Å². The first-order valence-electron chi connectivity index (χ1n) is 7.60. The summed E-state index contributed by atoms with van der Waals surface area (Å²) in [5.41, 5.74) is 7.08. The van der Waals surface area contributed by atoms with E-state index in [9.17, 15) is 14.0 Å². The van der Waals surface area contributed by atoms with E-state index in [0.29, 0.717) is 23.2 Å². The smallest absolute Gasteiger partial charge is 0.254 e. The van der Waals surface area contributed by atoms with E-state index in [4.69, 9.17) is 5.73 Å². The minimum absolute atomic E-state index is 0.0338. The Kier molecular flexibility index (Phi) is 4.92. The minimum atomic E-state index is -0.747. The highest BCUT2D eigenvalue weighted by atomic mass is 19.1. The summed E-state index contributed by atoms with van der Waals surface area (Å²) in [6.45, 7) is 0. The van der Waals surface area contributed by atoms with E-state index >= 15 is 0 Å². The molecule has 0 aliphatic rings. The Morgan fingerprint density at radius 2 is 2.04 bits per heavy atom. The number of carbonyl (C=O) groups is 2. The number of H-pyrrole nitrogens is 1. The molecule has 10 heteroatoms. The molecule has 0 fully saturated rings. The van der Waals surface area contributed by atoms with Crippen LogP contribution in [-0.2, 0) is 11.2 Å². The van der Waals surface area contributed by atoms with E-state index in [1.54, 1.807) is 12.1 Å². The van der Waals surface area contributed by atoms with Crippen LogP contribution in [0.25, 0.3) is 11.3 Å². The Labute approximate surface area is 146 Å². The zero-order chi connectivity index (χ0) is 18.5. The van der Waals surface area contributed by atoms with Crippen molar-refractivity contribution in [3.8, 4) is 11.3 Å². The van der Waals surface area contributed by atoms with Gasteiger partial charge in [0.25, 0.3) is 5.91 Å². The van der Waals surface area contributed by atoms with Gasteiger partial charge in [-0.05, 0) is 24.1 Å². The van der Waals surface area contributed by atoms with Crippen molar-refractivity contribution in [3.05, 3.63) is 53.9 Å². The molecule has 3 heterocycles. The van der Waals surface area contributed by atoms with E-state index in [-0.39, 0.29) is 23.7 Å². The summed E-state index contributed by atoms with van der Waals surface area (Å²) in [6, 6.07) is 4.40. The Bertz CT molecular complexity index is 926. The van der Waals surface area contributed by atoms with Gasteiger partial charge >= 0.3 is 0 Å². The molecular weight excluding hydrogens is 341 g/mol. The van der Waals surface area contributed by atoms with Crippen LogP contribution in [0.2, 0.25) is 0 Å². The largest absolute Gasteiger partial charge is 0.365 e. The third-order valence-corrected chi connectivity index (χ3v) is 3.57. The van der Waals surface area contributed by atoms with Crippen LogP contribution in [0.4, 0.5) is 10.2 Å². The monoisotopic (exact) mass is 355 g/mol. The summed E-state index contributed by atoms with van der Waals surface area (Å²) in [5, 5.41) is 16.6. The fraction of sp³-hybridized carbons (Fsp3) is 0.125. The number of nitrogens with one attached hydrogen (secondary N) is 2. The number of carbonyl (C=O) groups excluding carboxylic acids is 2. The number of pyridine rings is 1. The molecule has 0 saturated heterocycles. The average Bonchev–Trinajstić information content (AvgIpc) is 3.06. The van der Waals surface area contributed by atoms with Gasteiger partial charge in [-0.25, -0.2) is 4.98 Å². The summed E-state index contributed by atoms with van der Waals surface area (Å²) in [5.74, 6) is -1.67. The molecule has 0 atom stereocenters. The van der Waals surface area contributed by atoms with Crippen LogP contribution in [0.15, 0.2) is 36.8 Å². The van der Waals surface area contributed by atoms with E-state index < -0.39 is 11.9 Å². The van der Waals surface area contributed by atoms with Crippen LogP contribution < -0.4 is 11.1 Å². The molecule has 3 aromatic heterocycles. The number of aromatic amines is 1. The van der Waals surface area contributed by atoms with E-state index in [2.05, 4.69) is 30.7 Å². The second kappa shape index (κ2) is 7.47. The average molecular weight is 355 g/mol. The molecular formula is C16H14FN7O2. The first-order valence-corrected chi connectivity index (χ1v) is 7.60. The van der Waals surface area contributed by atoms with Crippen molar-refractivity contribution in [2.24, 2.45) is 5.73 Å². The molecule has 26 heavy (non-hydrogen) atoms. The van der Waals surface area contributed by atoms with Crippen molar-refractivity contribution >= 4 is 17.6 Å². The lowest BCUT2D eigenvalue weighted by atomic mass is 10.1. The number of aryl methyl sites for hydroxylation is 1. The molecule has 3 aromatic rings. The topological polar surface area (TPSA) is 140 Å². The van der Waals surface area contributed by atoms with Gasteiger partial charge in [-0.2, -0.15) is 19.7 Å². The number of anilines is 1. The van der Waals surface area contributed by atoms with Crippen molar-refractivity contribution in [1.82, 2.24) is 25.4 Å². The quantitative estimate of drug-likeness (QED) is 0.565. The van der Waals surface area contributed by atoms with Gasteiger partial charge in [0.15, 0.2) is 5.82 Å². The maximum absolute atomic E-state index is 12.8. The van der Waals surface area contributed by atoms with Gasteiger partial charge in [0.1, 0.15) is 5.56 Å². The lowest BCUT2D eigenvalue weighted by molar-refractivity contribution is -0.116. The fourth-order valence-corrected chi connectivity index (χ4v) is 2.33. The minimum Gasteiger partial charge on any atom is -0.365 e. The lowest BCUT2D eigenvalue weighted by Crippen LogP contribution is -2.18. The summed E-state index contributed by atoms with van der Waals surface area (Å²) < 4.78 is 12.8. The summed E-state index contributed by atoms with van der Waals surface area (Å²) in [4.78, 5) is 27.5. The van der Waals surface area contributed by atoms with Crippen molar-refractivity contribution < 1.29 is 14.0 Å². The summed E-state index contributed by atoms with van der Waals surface area (Å²) in [7, 11) is 0. The molecule has 0 bridgehead atoms. The first-order chi connectivity index (χ1) is 12.5. The highest BCUT2D eigenvalue weighted by molar-refractivity contribution is 6.06. The molecule has 0 radical (unpaired) electrons. The molecule has 132 valence electrons. The molecule has 0 saturated carbocycles. The zero-order valence-corrected chi connectivity index (χ0v) is 13.4. The third kappa shape index (κ3) is 3.86.